The van der Waals surface area contributed by atoms with Crippen molar-refractivity contribution >= 4 is 32.8 Å². The number of aromatic nitrogens is 3. The van der Waals surface area contributed by atoms with E-state index in [1.165, 1.54) is 50.0 Å². The summed E-state index contributed by atoms with van der Waals surface area (Å²) in [5.41, 5.74) is 9.04. The molecule has 0 N–H and O–H groups in total. The Morgan fingerprint density at radius 2 is 1.55 bits per heavy atom. The Morgan fingerprint density at radius 1 is 0.788 bits per heavy atom. The van der Waals surface area contributed by atoms with E-state index < -0.39 is 0 Å². The van der Waals surface area contributed by atoms with Crippen molar-refractivity contribution in [2.24, 2.45) is 7.05 Å². The van der Waals surface area contributed by atoms with E-state index in [2.05, 4.69) is 107 Å². The Morgan fingerprint density at radius 3 is 2.48 bits per heavy atom. The molecule has 33 heavy (non-hydrogen) atoms. The molecule has 1 aliphatic rings. The number of aryl methyl sites for hydroxylation is 2. The SMILES string of the molecule is Cn1c2ccccc2c2cc(CCC3Cc4nc5ccccc5n4-c4ccccc43)ccc21. The molecule has 2 aromatic heterocycles. The fraction of sp³-hybridized carbons (Fsp3) is 0.167. The van der Waals surface area contributed by atoms with Gasteiger partial charge in [0, 0.05) is 35.3 Å². The minimum atomic E-state index is 0.480. The topological polar surface area (TPSA) is 22.8 Å². The van der Waals surface area contributed by atoms with Gasteiger partial charge in [-0.2, -0.15) is 0 Å². The van der Waals surface area contributed by atoms with Gasteiger partial charge in [-0.25, -0.2) is 4.98 Å². The molecule has 6 aromatic rings. The Hall–Kier alpha value is -3.85. The summed E-state index contributed by atoms with van der Waals surface area (Å²) in [5, 5.41) is 2.70. The van der Waals surface area contributed by atoms with Gasteiger partial charge in [-0.05, 0) is 66.3 Å². The van der Waals surface area contributed by atoms with Crippen molar-refractivity contribution in [1.82, 2.24) is 14.1 Å². The lowest BCUT2D eigenvalue weighted by Gasteiger charge is -2.27. The van der Waals surface area contributed by atoms with Crippen LogP contribution in [0.2, 0.25) is 0 Å². The first kappa shape index (κ1) is 18.7. The standard InChI is InChI=1S/C30H25N3/c1-32-26-11-5-3-9-23(26)24-18-20(15-17-27(24)32)14-16-21-19-30-31-25-10-4-7-13-29(25)33(30)28-12-6-2-8-22(21)28/h2-13,15,17-18,21H,14,16,19H2,1H3. The second kappa shape index (κ2) is 7.08. The first-order valence-electron chi connectivity index (χ1n) is 11.8. The number of fused-ring (bicyclic) bond motifs is 8. The highest BCUT2D eigenvalue weighted by atomic mass is 15.1. The van der Waals surface area contributed by atoms with E-state index in [0.717, 1.165) is 24.8 Å². The van der Waals surface area contributed by atoms with Crippen molar-refractivity contribution < 1.29 is 0 Å². The molecule has 7 rings (SSSR count). The van der Waals surface area contributed by atoms with Gasteiger partial charge in [-0.3, -0.25) is 4.57 Å². The molecule has 0 fully saturated rings. The van der Waals surface area contributed by atoms with Gasteiger partial charge in [-0.1, -0.05) is 54.6 Å². The van der Waals surface area contributed by atoms with Gasteiger partial charge in [0.05, 0.1) is 16.7 Å². The van der Waals surface area contributed by atoms with Crippen molar-refractivity contribution in [2.75, 3.05) is 0 Å². The maximum absolute atomic E-state index is 5.00. The van der Waals surface area contributed by atoms with Crippen LogP contribution in [0.15, 0.2) is 91.0 Å². The van der Waals surface area contributed by atoms with E-state index in [1.807, 2.05) is 0 Å². The highest BCUT2D eigenvalue weighted by Gasteiger charge is 2.27. The smallest absolute Gasteiger partial charge is 0.115 e. The Kier molecular flexibility index (Phi) is 4.01. The van der Waals surface area contributed by atoms with Gasteiger partial charge in [0.15, 0.2) is 0 Å². The molecule has 0 saturated carbocycles. The van der Waals surface area contributed by atoms with Crippen LogP contribution in [0.5, 0.6) is 0 Å². The van der Waals surface area contributed by atoms with Gasteiger partial charge < -0.3 is 4.57 Å². The van der Waals surface area contributed by atoms with Crippen LogP contribution in [0, 0.1) is 0 Å². The minimum Gasteiger partial charge on any atom is -0.344 e. The molecule has 1 unspecified atom stereocenters. The van der Waals surface area contributed by atoms with Gasteiger partial charge in [0.25, 0.3) is 0 Å². The monoisotopic (exact) mass is 427 g/mol. The van der Waals surface area contributed by atoms with Crippen molar-refractivity contribution in [3.8, 4) is 5.69 Å². The second-order valence-electron chi connectivity index (χ2n) is 9.28. The van der Waals surface area contributed by atoms with Crippen molar-refractivity contribution in [2.45, 2.75) is 25.2 Å². The van der Waals surface area contributed by atoms with E-state index in [1.54, 1.807) is 0 Å². The number of hydrogen-bond donors (Lipinski definition) is 0. The number of nitrogens with zero attached hydrogens (tertiary/aromatic N) is 3. The summed E-state index contributed by atoms with van der Waals surface area (Å²) in [6.07, 6.45) is 3.18. The Bertz CT molecular complexity index is 1670. The van der Waals surface area contributed by atoms with Crippen LogP contribution < -0.4 is 0 Å². The molecule has 0 amide bonds. The number of hydrogen-bond acceptors (Lipinski definition) is 1. The molecule has 3 heterocycles. The molecule has 1 aliphatic heterocycles. The molecule has 0 aliphatic carbocycles. The lowest BCUT2D eigenvalue weighted by atomic mass is 9.86. The third-order valence-electron chi connectivity index (χ3n) is 7.44. The molecule has 0 spiro atoms. The number of rotatable bonds is 3. The van der Waals surface area contributed by atoms with E-state index in [0.29, 0.717) is 5.92 Å². The normalized spacial score (nSPS) is 15.2. The summed E-state index contributed by atoms with van der Waals surface area (Å²) in [5.74, 6) is 1.66. The zero-order valence-electron chi connectivity index (χ0n) is 18.7. The summed E-state index contributed by atoms with van der Waals surface area (Å²) in [7, 11) is 2.16. The number of imidazole rings is 1. The van der Waals surface area contributed by atoms with Crippen LogP contribution in [-0.4, -0.2) is 14.1 Å². The fourth-order valence-electron chi connectivity index (χ4n) is 5.82. The molecule has 4 aromatic carbocycles. The second-order valence-corrected chi connectivity index (χ2v) is 9.28. The third kappa shape index (κ3) is 2.78. The maximum atomic E-state index is 5.00. The molecular formula is C30H25N3. The molecule has 0 saturated heterocycles. The van der Waals surface area contributed by atoms with Gasteiger partial charge >= 0.3 is 0 Å². The van der Waals surface area contributed by atoms with Crippen LogP contribution in [0.25, 0.3) is 38.5 Å². The molecule has 3 heteroatoms. The van der Waals surface area contributed by atoms with E-state index in [-0.39, 0.29) is 0 Å². The van der Waals surface area contributed by atoms with E-state index >= 15 is 0 Å². The summed E-state index contributed by atoms with van der Waals surface area (Å²) >= 11 is 0. The van der Waals surface area contributed by atoms with E-state index in [4.69, 9.17) is 4.98 Å². The zero-order valence-corrected chi connectivity index (χ0v) is 18.7. The molecule has 160 valence electrons. The minimum absolute atomic E-state index is 0.480. The van der Waals surface area contributed by atoms with Crippen molar-refractivity contribution in [1.29, 1.82) is 0 Å². The largest absolute Gasteiger partial charge is 0.344 e. The van der Waals surface area contributed by atoms with Gasteiger partial charge in [0.2, 0.25) is 0 Å². The van der Waals surface area contributed by atoms with Crippen LogP contribution in [0.4, 0.5) is 0 Å². The Balaban J connectivity index is 1.25. The van der Waals surface area contributed by atoms with Crippen LogP contribution >= 0.6 is 0 Å². The lowest BCUT2D eigenvalue weighted by Crippen LogP contribution is -2.18. The average molecular weight is 428 g/mol. The molecule has 0 radical (unpaired) electrons. The Labute approximate surface area is 192 Å². The third-order valence-corrected chi connectivity index (χ3v) is 7.44. The van der Waals surface area contributed by atoms with Gasteiger partial charge in [0.1, 0.15) is 5.82 Å². The van der Waals surface area contributed by atoms with Crippen LogP contribution in [0.1, 0.15) is 29.3 Å². The highest BCUT2D eigenvalue weighted by Crippen LogP contribution is 2.38. The summed E-state index contributed by atoms with van der Waals surface area (Å²) < 4.78 is 4.67. The summed E-state index contributed by atoms with van der Waals surface area (Å²) in [6, 6.07) is 33.1. The molecule has 3 nitrogen and oxygen atoms in total. The van der Waals surface area contributed by atoms with Gasteiger partial charge in [-0.15, -0.1) is 0 Å². The summed E-state index contributed by atoms with van der Waals surface area (Å²) in [6.45, 7) is 0. The zero-order chi connectivity index (χ0) is 21.9. The predicted octanol–water partition coefficient (Wildman–Crippen LogP) is 6.94. The average Bonchev–Trinajstić information content (AvgIpc) is 3.38. The van der Waals surface area contributed by atoms with Crippen molar-refractivity contribution in [3.63, 3.8) is 0 Å². The molecular weight excluding hydrogens is 402 g/mol. The first-order valence-corrected chi connectivity index (χ1v) is 11.8. The quantitative estimate of drug-likeness (QED) is 0.300. The van der Waals surface area contributed by atoms with Crippen LogP contribution in [-0.2, 0) is 19.9 Å². The predicted molar refractivity (Wildman–Crippen MR) is 136 cm³/mol. The van der Waals surface area contributed by atoms with Crippen LogP contribution in [0.3, 0.4) is 0 Å². The number of para-hydroxylation sites is 4. The molecule has 1 atom stereocenters. The summed E-state index contributed by atoms with van der Waals surface area (Å²) in [4.78, 5) is 5.00. The molecule has 0 bridgehead atoms. The number of benzene rings is 4. The highest BCUT2D eigenvalue weighted by molar-refractivity contribution is 6.08. The van der Waals surface area contributed by atoms with Crippen molar-refractivity contribution in [3.05, 3.63) is 108 Å². The maximum Gasteiger partial charge on any atom is 0.115 e. The first-order chi connectivity index (χ1) is 16.3. The van der Waals surface area contributed by atoms with E-state index in [9.17, 15) is 0 Å². The fourth-order valence-corrected chi connectivity index (χ4v) is 5.82. The lowest BCUT2D eigenvalue weighted by molar-refractivity contribution is 0.577.